The standard InChI is InChI=1S/C13H13F2NO/c1-8-9(5-6-17-8)13(16)7-10-11(14)3-2-4-12(10)15/h2-6,13H,7,16H2,1H3. The molecular formula is C13H13F2NO. The molecule has 0 saturated heterocycles. The van der Waals surface area contributed by atoms with Crippen LogP contribution in [0.1, 0.15) is 22.9 Å². The summed E-state index contributed by atoms with van der Waals surface area (Å²) in [6.45, 7) is 1.77. The summed E-state index contributed by atoms with van der Waals surface area (Å²) in [5.41, 5.74) is 6.70. The predicted molar refractivity (Wildman–Crippen MR) is 60.4 cm³/mol. The van der Waals surface area contributed by atoms with Crippen molar-refractivity contribution in [3.8, 4) is 0 Å². The first kappa shape index (κ1) is 11.8. The molecule has 17 heavy (non-hydrogen) atoms. The second-order valence-corrected chi connectivity index (χ2v) is 3.94. The summed E-state index contributed by atoms with van der Waals surface area (Å²) in [6.07, 6.45) is 1.63. The number of nitrogens with two attached hydrogens (primary N) is 1. The Morgan fingerprint density at radius 2 is 1.88 bits per heavy atom. The van der Waals surface area contributed by atoms with Gasteiger partial charge in [0.25, 0.3) is 0 Å². The smallest absolute Gasteiger partial charge is 0.129 e. The van der Waals surface area contributed by atoms with Gasteiger partial charge < -0.3 is 10.2 Å². The lowest BCUT2D eigenvalue weighted by Crippen LogP contribution is -2.15. The Hall–Kier alpha value is -1.68. The van der Waals surface area contributed by atoms with Crippen molar-refractivity contribution in [2.24, 2.45) is 5.73 Å². The first-order valence-electron chi connectivity index (χ1n) is 5.32. The molecule has 0 aliphatic carbocycles. The molecular weight excluding hydrogens is 224 g/mol. The number of hydrogen-bond acceptors (Lipinski definition) is 2. The molecule has 0 saturated carbocycles. The van der Waals surface area contributed by atoms with Gasteiger partial charge in [0.1, 0.15) is 17.4 Å². The summed E-state index contributed by atoms with van der Waals surface area (Å²) in [5, 5.41) is 0. The number of halogens is 2. The van der Waals surface area contributed by atoms with Crippen LogP contribution in [-0.2, 0) is 6.42 Å². The van der Waals surface area contributed by atoms with E-state index < -0.39 is 17.7 Å². The van der Waals surface area contributed by atoms with Crippen molar-refractivity contribution in [1.82, 2.24) is 0 Å². The van der Waals surface area contributed by atoms with Crippen molar-refractivity contribution < 1.29 is 13.2 Å². The van der Waals surface area contributed by atoms with E-state index in [0.29, 0.717) is 5.76 Å². The molecule has 2 rings (SSSR count). The van der Waals surface area contributed by atoms with Gasteiger partial charge in [0.15, 0.2) is 0 Å². The van der Waals surface area contributed by atoms with E-state index in [1.807, 2.05) is 0 Å². The van der Waals surface area contributed by atoms with Crippen LogP contribution in [0.5, 0.6) is 0 Å². The Morgan fingerprint density at radius 3 is 2.41 bits per heavy atom. The second kappa shape index (κ2) is 4.67. The minimum Gasteiger partial charge on any atom is -0.469 e. The van der Waals surface area contributed by atoms with E-state index in [2.05, 4.69) is 0 Å². The average molecular weight is 237 g/mol. The number of hydrogen-bond donors (Lipinski definition) is 1. The monoisotopic (exact) mass is 237 g/mol. The molecule has 0 aliphatic heterocycles. The van der Waals surface area contributed by atoms with Crippen molar-refractivity contribution in [3.05, 3.63) is 59.1 Å². The molecule has 2 N–H and O–H groups in total. The zero-order chi connectivity index (χ0) is 12.4. The third-order valence-electron chi connectivity index (χ3n) is 2.78. The van der Waals surface area contributed by atoms with Gasteiger partial charge in [-0.25, -0.2) is 8.78 Å². The SMILES string of the molecule is Cc1occc1C(N)Cc1c(F)cccc1F. The lowest BCUT2D eigenvalue weighted by Gasteiger charge is -2.12. The number of benzene rings is 1. The summed E-state index contributed by atoms with van der Waals surface area (Å²) in [4.78, 5) is 0. The van der Waals surface area contributed by atoms with Crippen LogP contribution in [0, 0.1) is 18.6 Å². The molecule has 0 bridgehead atoms. The third kappa shape index (κ3) is 2.36. The maximum absolute atomic E-state index is 13.4. The molecule has 1 heterocycles. The van der Waals surface area contributed by atoms with Gasteiger partial charge in [0.2, 0.25) is 0 Å². The number of furan rings is 1. The molecule has 0 spiro atoms. The molecule has 0 fully saturated rings. The third-order valence-corrected chi connectivity index (χ3v) is 2.78. The first-order valence-corrected chi connectivity index (χ1v) is 5.32. The second-order valence-electron chi connectivity index (χ2n) is 3.94. The van der Waals surface area contributed by atoms with Crippen LogP contribution < -0.4 is 5.73 Å². The Labute approximate surface area is 98.0 Å². The Bertz CT molecular complexity index is 502. The maximum atomic E-state index is 13.4. The summed E-state index contributed by atoms with van der Waals surface area (Å²) < 4.78 is 32.0. The van der Waals surface area contributed by atoms with E-state index in [1.165, 1.54) is 24.5 Å². The molecule has 0 amide bonds. The highest BCUT2D eigenvalue weighted by atomic mass is 19.1. The van der Waals surface area contributed by atoms with Crippen molar-refractivity contribution in [3.63, 3.8) is 0 Å². The fraction of sp³-hybridized carbons (Fsp3) is 0.231. The van der Waals surface area contributed by atoms with Crippen LogP contribution >= 0.6 is 0 Å². The van der Waals surface area contributed by atoms with E-state index in [-0.39, 0.29) is 12.0 Å². The lowest BCUT2D eigenvalue weighted by atomic mass is 9.99. The van der Waals surface area contributed by atoms with E-state index in [0.717, 1.165) is 5.56 Å². The van der Waals surface area contributed by atoms with Crippen molar-refractivity contribution in [2.45, 2.75) is 19.4 Å². The Kier molecular flexibility index (Phi) is 3.24. The van der Waals surface area contributed by atoms with Crippen LogP contribution in [0.3, 0.4) is 0 Å². The van der Waals surface area contributed by atoms with E-state index in [1.54, 1.807) is 13.0 Å². The van der Waals surface area contributed by atoms with Gasteiger partial charge in [0, 0.05) is 17.2 Å². The summed E-state index contributed by atoms with van der Waals surface area (Å²) in [6, 6.07) is 5.04. The van der Waals surface area contributed by atoms with Crippen LogP contribution in [0.25, 0.3) is 0 Å². The lowest BCUT2D eigenvalue weighted by molar-refractivity contribution is 0.515. The van der Waals surface area contributed by atoms with E-state index in [4.69, 9.17) is 10.2 Å². The predicted octanol–water partition coefficient (Wildman–Crippen LogP) is 3.11. The van der Waals surface area contributed by atoms with Gasteiger partial charge in [-0.15, -0.1) is 0 Å². The highest BCUT2D eigenvalue weighted by Gasteiger charge is 2.16. The van der Waals surface area contributed by atoms with Crippen molar-refractivity contribution >= 4 is 0 Å². The van der Waals surface area contributed by atoms with Gasteiger partial charge >= 0.3 is 0 Å². The van der Waals surface area contributed by atoms with Gasteiger partial charge in [-0.1, -0.05) is 6.07 Å². The van der Waals surface area contributed by atoms with Crippen LogP contribution in [0.2, 0.25) is 0 Å². The zero-order valence-corrected chi connectivity index (χ0v) is 9.41. The topological polar surface area (TPSA) is 39.2 Å². The van der Waals surface area contributed by atoms with Gasteiger partial charge in [-0.2, -0.15) is 0 Å². The van der Waals surface area contributed by atoms with E-state index >= 15 is 0 Å². The first-order chi connectivity index (χ1) is 8.09. The Morgan fingerprint density at radius 1 is 1.24 bits per heavy atom. The molecule has 4 heteroatoms. The summed E-state index contributed by atoms with van der Waals surface area (Å²) in [5.74, 6) is -0.461. The van der Waals surface area contributed by atoms with Crippen LogP contribution in [-0.4, -0.2) is 0 Å². The molecule has 1 unspecified atom stereocenters. The largest absolute Gasteiger partial charge is 0.469 e. The van der Waals surface area contributed by atoms with Gasteiger partial charge in [-0.05, 0) is 31.5 Å². The average Bonchev–Trinajstić information content (AvgIpc) is 2.70. The van der Waals surface area contributed by atoms with E-state index in [9.17, 15) is 8.78 Å². The van der Waals surface area contributed by atoms with Gasteiger partial charge in [0.05, 0.1) is 6.26 Å². The van der Waals surface area contributed by atoms with Crippen molar-refractivity contribution in [2.75, 3.05) is 0 Å². The number of rotatable bonds is 3. The van der Waals surface area contributed by atoms with Crippen LogP contribution in [0.15, 0.2) is 34.9 Å². The molecule has 2 nitrogen and oxygen atoms in total. The normalized spacial score (nSPS) is 12.7. The maximum Gasteiger partial charge on any atom is 0.129 e. The molecule has 0 radical (unpaired) electrons. The van der Waals surface area contributed by atoms with Crippen molar-refractivity contribution in [1.29, 1.82) is 0 Å². The van der Waals surface area contributed by atoms with Crippen LogP contribution in [0.4, 0.5) is 8.78 Å². The molecule has 90 valence electrons. The minimum absolute atomic E-state index is 0.0144. The number of aryl methyl sites for hydroxylation is 1. The Balaban J connectivity index is 2.25. The fourth-order valence-corrected chi connectivity index (χ4v) is 1.84. The highest BCUT2D eigenvalue weighted by Crippen LogP contribution is 2.23. The summed E-state index contributed by atoms with van der Waals surface area (Å²) in [7, 11) is 0. The quantitative estimate of drug-likeness (QED) is 0.890. The fourth-order valence-electron chi connectivity index (χ4n) is 1.84. The molecule has 2 aromatic rings. The molecule has 1 aromatic carbocycles. The minimum atomic E-state index is -0.568. The van der Waals surface area contributed by atoms with Gasteiger partial charge in [-0.3, -0.25) is 0 Å². The zero-order valence-electron chi connectivity index (χ0n) is 9.41. The molecule has 0 aliphatic rings. The highest BCUT2D eigenvalue weighted by molar-refractivity contribution is 5.26. The molecule has 1 aromatic heterocycles. The molecule has 1 atom stereocenters. The summed E-state index contributed by atoms with van der Waals surface area (Å²) >= 11 is 0.